The van der Waals surface area contributed by atoms with Crippen molar-refractivity contribution < 1.29 is 4.79 Å². The number of carbonyl (C=O) groups is 1. The van der Waals surface area contributed by atoms with Gasteiger partial charge in [0.15, 0.2) is 0 Å². The van der Waals surface area contributed by atoms with E-state index < -0.39 is 0 Å². The SMILES string of the molecule is Cc1ccc(NC(=O)c2ccc3nc[nH]c3c2)cc1I. The third-order valence-electron chi connectivity index (χ3n) is 3.11. The number of aryl methyl sites for hydroxylation is 1. The van der Waals surface area contributed by atoms with Gasteiger partial charge in [0.05, 0.1) is 17.4 Å². The molecule has 0 aliphatic rings. The van der Waals surface area contributed by atoms with Gasteiger partial charge in [-0.25, -0.2) is 4.98 Å². The summed E-state index contributed by atoms with van der Waals surface area (Å²) in [6.45, 7) is 2.04. The van der Waals surface area contributed by atoms with Crippen molar-refractivity contribution in [3.05, 3.63) is 57.4 Å². The molecular formula is C15H12IN3O. The van der Waals surface area contributed by atoms with Gasteiger partial charge in [-0.15, -0.1) is 0 Å². The summed E-state index contributed by atoms with van der Waals surface area (Å²) < 4.78 is 1.13. The van der Waals surface area contributed by atoms with Crippen molar-refractivity contribution in [2.24, 2.45) is 0 Å². The topological polar surface area (TPSA) is 57.8 Å². The number of halogens is 1. The zero-order chi connectivity index (χ0) is 14.1. The summed E-state index contributed by atoms with van der Waals surface area (Å²) >= 11 is 2.26. The monoisotopic (exact) mass is 377 g/mol. The Morgan fingerprint density at radius 3 is 2.90 bits per heavy atom. The van der Waals surface area contributed by atoms with Crippen LogP contribution in [0.5, 0.6) is 0 Å². The number of hydrogen-bond acceptors (Lipinski definition) is 2. The Kier molecular flexibility index (Phi) is 3.43. The summed E-state index contributed by atoms with van der Waals surface area (Å²) in [5, 5.41) is 2.91. The molecule has 4 nitrogen and oxygen atoms in total. The van der Waals surface area contributed by atoms with Crippen molar-refractivity contribution in [2.45, 2.75) is 6.92 Å². The Balaban J connectivity index is 1.86. The maximum atomic E-state index is 12.2. The first-order valence-electron chi connectivity index (χ1n) is 6.14. The minimum Gasteiger partial charge on any atom is -0.345 e. The Labute approximate surface area is 129 Å². The van der Waals surface area contributed by atoms with Gasteiger partial charge < -0.3 is 10.3 Å². The molecule has 5 heteroatoms. The lowest BCUT2D eigenvalue weighted by Gasteiger charge is -2.07. The normalized spacial score (nSPS) is 10.7. The molecular weight excluding hydrogens is 365 g/mol. The highest BCUT2D eigenvalue weighted by Crippen LogP contribution is 2.18. The van der Waals surface area contributed by atoms with Crippen LogP contribution in [0.15, 0.2) is 42.7 Å². The fraction of sp³-hybridized carbons (Fsp3) is 0.0667. The summed E-state index contributed by atoms with van der Waals surface area (Å²) in [4.78, 5) is 19.4. The summed E-state index contributed by atoms with van der Waals surface area (Å²) in [5.41, 5.74) is 4.32. The van der Waals surface area contributed by atoms with Gasteiger partial charge in [-0.1, -0.05) is 6.07 Å². The van der Waals surface area contributed by atoms with E-state index in [1.165, 1.54) is 5.56 Å². The molecule has 2 N–H and O–H groups in total. The van der Waals surface area contributed by atoms with Crippen LogP contribution in [0.4, 0.5) is 5.69 Å². The highest BCUT2D eigenvalue weighted by molar-refractivity contribution is 14.1. The van der Waals surface area contributed by atoms with Crippen LogP contribution >= 0.6 is 22.6 Å². The van der Waals surface area contributed by atoms with Gasteiger partial charge in [-0.3, -0.25) is 4.79 Å². The molecule has 0 saturated carbocycles. The first kappa shape index (κ1) is 13.1. The fourth-order valence-electron chi connectivity index (χ4n) is 1.95. The number of benzene rings is 2. The Morgan fingerprint density at radius 2 is 2.10 bits per heavy atom. The number of anilines is 1. The van der Waals surface area contributed by atoms with E-state index in [0.717, 1.165) is 20.3 Å². The first-order valence-corrected chi connectivity index (χ1v) is 7.22. The second kappa shape index (κ2) is 5.24. The van der Waals surface area contributed by atoms with E-state index in [1.54, 1.807) is 18.5 Å². The lowest BCUT2D eigenvalue weighted by Crippen LogP contribution is -2.11. The van der Waals surface area contributed by atoms with Crippen molar-refractivity contribution in [2.75, 3.05) is 5.32 Å². The van der Waals surface area contributed by atoms with Gasteiger partial charge in [0.1, 0.15) is 0 Å². The number of nitrogens with zero attached hydrogens (tertiary/aromatic N) is 1. The zero-order valence-electron chi connectivity index (χ0n) is 10.8. The van der Waals surface area contributed by atoms with Crippen LogP contribution in [0.25, 0.3) is 11.0 Å². The number of aromatic amines is 1. The molecule has 0 atom stereocenters. The number of hydrogen-bond donors (Lipinski definition) is 2. The number of fused-ring (bicyclic) bond motifs is 1. The van der Waals surface area contributed by atoms with E-state index in [0.29, 0.717) is 5.56 Å². The highest BCUT2D eigenvalue weighted by atomic mass is 127. The molecule has 2 aromatic carbocycles. The molecule has 1 aromatic heterocycles. The average molecular weight is 377 g/mol. The van der Waals surface area contributed by atoms with Gasteiger partial charge in [0.2, 0.25) is 0 Å². The molecule has 0 spiro atoms. The molecule has 0 fully saturated rings. The predicted octanol–water partition coefficient (Wildman–Crippen LogP) is 3.73. The zero-order valence-corrected chi connectivity index (χ0v) is 12.9. The number of amides is 1. The number of rotatable bonds is 2. The van der Waals surface area contributed by atoms with Crippen LogP contribution in [-0.4, -0.2) is 15.9 Å². The maximum Gasteiger partial charge on any atom is 0.255 e. The van der Waals surface area contributed by atoms with Crippen molar-refractivity contribution >= 4 is 45.2 Å². The fourth-order valence-corrected chi connectivity index (χ4v) is 2.47. The predicted molar refractivity (Wildman–Crippen MR) is 87.9 cm³/mol. The molecule has 0 aliphatic carbocycles. The quantitative estimate of drug-likeness (QED) is 0.669. The van der Waals surface area contributed by atoms with Crippen LogP contribution in [0.1, 0.15) is 15.9 Å². The molecule has 0 bridgehead atoms. The van der Waals surface area contributed by atoms with E-state index in [2.05, 4.69) is 37.9 Å². The molecule has 20 heavy (non-hydrogen) atoms. The molecule has 100 valence electrons. The smallest absolute Gasteiger partial charge is 0.255 e. The van der Waals surface area contributed by atoms with Gasteiger partial charge in [-0.2, -0.15) is 0 Å². The van der Waals surface area contributed by atoms with Crippen molar-refractivity contribution in [3.8, 4) is 0 Å². The summed E-state index contributed by atoms with van der Waals surface area (Å²) in [6, 6.07) is 11.3. The molecule has 1 amide bonds. The standard InChI is InChI=1S/C15H12IN3O/c1-9-2-4-11(7-12(9)16)19-15(20)10-3-5-13-14(6-10)18-8-17-13/h2-8H,1H3,(H,17,18)(H,19,20). The number of carbonyl (C=O) groups excluding carboxylic acids is 1. The molecule has 3 rings (SSSR count). The Hall–Kier alpha value is -1.89. The summed E-state index contributed by atoms with van der Waals surface area (Å²) in [7, 11) is 0. The number of H-pyrrole nitrogens is 1. The van der Waals surface area contributed by atoms with E-state index in [1.807, 2.05) is 31.2 Å². The lowest BCUT2D eigenvalue weighted by atomic mass is 10.1. The average Bonchev–Trinajstić information content (AvgIpc) is 2.90. The van der Waals surface area contributed by atoms with E-state index in [4.69, 9.17) is 0 Å². The third-order valence-corrected chi connectivity index (χ3v) is 4.27. The van der Waals surface area contributed by atoms with Crippen LogP contribution in [0, 0.1) is 10.5 Å². The molecule has 0 unspecified atom stereocenters. The van der Waals surface area contributed by atoms with Crippen LogP contribution < -0.4 is 5.32 Å². The number of aromatic nitrogens is 2. The van der Waals surface area contributed by atoms with E-state index in [-0.39, 0.29) is 5.91 Å². The number of imidazole rings is 1. The molecule has 0 aliphatic heterocycles. The second-order valence-electron chi connectivity index (χ2n) is 4.55. The number of nitrogens with one attached hydrogen (secondary N) is 2. The van der Waals surface area contributed by atoms with Gasteiger partial charge >= 0.3 is 0 Å². The minimum absolute atomic E-state index is 0.124. The van der Waals surface area contributed by atoms with Gasteiger partial charge in [-0.05, 0) is 65.4 Å². The third kappa shape index (κ3) is 2.53. The molecule has 3 aromatic rings. The highest BCUT2D eigenvalue weighted by Gasteiger charge is 2.08. The van der Waals surface area contributed by atoms with E-state index >= 15 is 0 Å². The van der Waals surface area contributed by atoms with Gasteiger partial charge in [0.25, 0.3) is 5.91 Å². The Bertz CT molecular complexity index is 795. The second-order valence-corrected chi connectivity index (χ2v) is 5.71. The Morgan fingerprint density at radius 1 is 1.25 bits per heavy atom. The van der Waals surface area contributed by atoms with Crippen LogP contribution in [-0.2, 0) is 0 Å². The molecule has 1 heterocycles. The summed E-state index contributed by atoms with van der Waals surface area (Å²) in [6.07, 6.45) is 1.62. The van der Waals surface area contributed by atoms with Crippen LogP contribution in [0.3, 0.4) is 0 Å². The minimum atomic E-state index is -0.124. The van der Waals surface area contributed by atoms with Crippen molar-refractivity contribution in [1.82, 2.24) is 9.97 Å². The van der Waals surface area contributed by atoms with E-state index in [9.17, 15) is 4.79 Å². The van der Waals surface area contributed by atoms with Crippen molar-refractivity contribution in [1.29, 1.82) is 0 Å². The maximum absolute atomic E-state index is 12.2. The first-order chi connectivity index (χ1) is 9.63. The molecule has 0 radical (unpaired) electrons. The van der Waals surface area contributed by atoms with Crippen LogP contribution in [0.2, 0.25) is 0 Å². The van der Waals surface area contributed by atoms with Gasteiger partial charge in [0, 0.05) is 14.8 Å². The van der Waals surface area contributed by atoms with Crippen molar-refractivity contribution in [3.63, 3.8) is 0 Å². The molecule has 0 saturated heterocycles. The summed E-state index contributed by atoms with van der Waals surface area (Å²) in [5.74, 6) is -0.124. The largest absolute Gasteiger partial charge is 0.345 e. The lowest BCUT2D eigenvalue weighted by molar-refractivity contribution is 0.102.